The number of carbonyl (C=O) groups is 1. The van der Waals surface area contributed by atoms with E-state index in [1.54, 1.807) is 16.2 Å². The molecule has 1 heterocycles. The number of amides is 1. The number of halogens is 1. The van der Waals surface area contributed by atoms with Crippen LogP contribution in [0.5, 0.6) is 0 Å². The molecular weight excluding hydrogens is 318 g/mol. The molecule has 22 heavy (non-hydrogen) atoms. The average molecular weight is 338 g/mol. The van der Waals surface area contributed by atoms with Gasteiger partial charge < -0.3 is 10.0 Å². The van der Waals surface area contributed by atoms with E-state index in [1.165, 1.54) is 0 Å². The molecule has 1 N–H and O–H groups in total. The fourth-order valence-electron chi connectivity index (χ4n) is 3.16. The van der Waals surface area contributed by atoms with Gasteiger partial charge in [-0.15, -0.1) is 11.3 Å². The molecule has 3 nitrogen and oxygen atoms in total. The van der Waals surface area contributed by atoms with Crippen molar-refractivity contribution in [1.29, 1.82) is 0 Å². The van der Waals surface area contributed by atoms with Gasteiger partial charge in [0.2, 0.25) is 5.91 Å². The Balaban J connectivity index is 1.73. The van der Waals surface area contributed by atoms with Crippen LogP contribution in [0.4, 0.5) is 0 Å². The van der Waals surface area contributed by atoms with Gasteiger partial charge in [-0.05, 0) is 25.3 Å². The SMILES string of the molecule is CN(Cc1sc2ccccc2c1Cl)C(=O)[C@@H]1CCC[C@H](O)C1. The summed E-state index contributed by atoms with van der Waals surface area (Å²) in [7, 11) is 1.82. The minimum Gasteiger partial charge on any atom is -0.393 e. The first-order valence-electron chi connectivity index (χ1n) is 7.65. The van der Waals surface area contributed by atoms with Crippen molar-refractivity contribution in [1.82, 2.24) is 4.90 Å². The number of aliphatic hydroxyl groups is 1. The van der Waals surface area contributed by atoms with Crippen LogP contribution in [-0.2, 0) is 11.3 Å². The number of hydrogen-bond donors (Lipinski definition) is 1. The van der Waals surface area contributed by atoms with E-state index >= 15 is 0 Å². The number of thiophene rings is 1. The second-order valence-corrected chi connectivity index (χ2v) is 7.56. The van der Waals surface area contributed by atoms with E-state index < -0.39 is 0 Å². The average Bonchev–Trinajstić information content (AvgIpc) is 2.83. The van der Waals surface area contributed by atoms with E-state index in [0.717, 1.165) is 39.2 Å². The number of fused-ring (bicyclic) bond motifs is 1. The minimum atomic E-state index is -0.330. The summed E-state index contributed by atoms with van der Waals surface area (Å²) >= 11 is 8.09. The Hall–Kier alpha value is -1.10. The van der Waals surface area contributed by atoms with Gasteiger partial charge in [0.15, 0.2) is 0 Å². The van der Waals surface area contributed by atoms with Gasteiger partial charge in [0, 0.05) is 27.9 Å². The maximum atomic E-state index is 12.6. The van der Waals surface area contributed by atoms with Crippen LogP contribution in [0.15, 0.2) is 24.3 Å². The molecule has 5 heteroatoms. The third-order valence-corrected chi connectivity index (χ3v) is 6.05. The molecule has 1 fully saturated rings. The summed E-state index contributed by atoms with van der Waals surface area (Å²) in [5.41, 5.74) is 0. The predicted molar refractivity (Wildman–Crippen MR) is 91.3 cm³/mol. The molecular formula is C17H20ClNO2S. The summed E-state index contributed by atoms with van der Waals surface area (Å²) in [5.74, 6) is 0.0641. The number of nitrogens with zero attached hydrogens (tertiary/aromatic N) is 1. The van der Waals surface area contributed by atoms with Crippen molar-refractivity contribution in [3.8, 4) is 0 Å². The Labute approximate surface area is 139 Å². The highest BCUT2D eigenvalue weighted by Gasteiger charge is 2.28. The summed E-state index contributed by atoms with van der Waals surface area (Å²) in [6.45, 7) is 0.531. The van der Waals surface area contributed by atoms with Crippen LogP contribution in [0.25, 0.3) is 10.1 Å². The summed E-state index contributed by atoms with van der Waals surface area (Å²) in [6, 6.07) is 8.03. The highest BCUT2D eigenvalue weighted by Crippen LogP contribution is 2.36. The molecule has 1 saturated carbocycles. The molecule has 1 aliphatic carbocycles. The molecule has 0 unspecified atom stereocenters. The van der Waals surface area contributed by atoms with Gasteiger partial charge in [0.1, 0.15) is 0 Å². The Morgan fingerprint density at radius 1 is 1.41 bits per heavy atom. The van der Waals surface area contributed by atoms with Crippen molar-refractivity contribution < 1.29 is 9.90 Å². The molecule has 1 aromatic heterocycles. The smallest absolute Gasteiger partial charge is 0.225 e. The van der Waals surface area contributed by atoms with Gasteiger partial charge >= 0.3 is 0 Å². The molecule has 2 aromatic rings. The molecule has 0 bridgehead atoms. The number of carbonyl (C=O) groups excluding carboxylic acids is 1. The predicted octanol–water partition coefficient (Wildman–Crippen LogP) is 4.06. The first-order valence-corrected chi connectivity index (χ1v) is 8.84. The molecule has 118 valence electrons. The summed E-state index contributed by atoms with van der Waals surface area (Å²) in [6.07, 6.45) is 2.87. The maximum absolute atomic E-state index is 12.6. The molecule has 0 saturated heterocycles. The van der Waals surface area contributed by atoms with Crippen molar-refractivity contribution in [3.63, 3.8) is 0 Å². The Morgan fingerprint density at radius 3 is 2.91 bits per heavy atom. The van der Waals surface area contributed by atoms with E-state index in [9.17, 15) is 9.90 Å². The van der Waals surface area contributed by atoms with Crippen LogP contribution in [0.1, 0.15) is 30.6 Å². The molecule has 1 aliphatic rings. The van der Waals surface area contributed by atoms with Crippen molar-refractivity contribution in [3.05, 3.63) is 34.2 Å². The molecule has 0 radical (unpaired) electrons. The zero-order valence-electron chi connectivity index (χ0n) is 12.6. The van der Waals surface area contributed by atoms with Crippen molar-refractivity contribution >= 4 is 38.9 Å². The second-order valence-electron chi connectivity index (χ2n) is 6.05. The van der Waals surface area contributed by atoms with E-state index in [2.05, 4.69) is 6.07 Å². The molecule has 1 aromatic carbocycles. The van der Waals surface area contributed by atoms with Gasteiger partial charge in [-0.25, -0.2) is 0 Å². The van der Waals surface area contributed by atoms with Crippen LogP contribution in [-0.4, -0.2) is 29.1 Å². The third kappa shape index (κ3) is 3.14. The fraction of sp³-hybridized carbons (Fsp3) is 0.471. The molecule has 3 rings (SSSR count). The number of hydrogen-bond acceptors (Lipinski definition) is 3. The van der Waals surface area contributed by atoms with Crippen LogP contribution in [0, 0.1) is 5.92 Å². The first kappa shape index (κ1) is 15.8. The largest absolute Gasteiger partial charge is 0.393 e. The normalized spacial score (nSPS) is 22.0. The highest BCUT2D eigenvalue weighted by atomic mass is 35.5. The topological polar surface area (TPSA) is 40.5 Å². The lowest BCUT2D eigenvalue weighted by Gasteiger charge is -2.28. The highest BCUT2D eigenvalue weighted by molar-refractivity contribution is 7.19. The van der Waals surface area contributed by atoms with Gasteiger partial charge in [0.05, 0.1) is 17.7 Å². The zero-order valence-corrected chi connectivity index (χ0v) is 14.2. The lowest BCUT2D eigenvalue weighted by Crippen LogP contribution is -2.36. The quantitative estimate of drug-likeness (QED) is 0.917. The van der Waals surface area contributed by atoms with Crippen LogP contribution < -0.4 is 0 Å². The van der Waals surface area contributed by atoms with E-state index in [1.807, 2.05) is 25.2 Å². The van der Waals surface area contributed by atoms with Crippen LogP contribution >= 0.6 is 22.9 Å². The van der Waals surface area contributed by atoms with Crippen molar-refractivity contribution in [2.75, 3.05) is 7.05 Å². The fourth-order valence-corrected chi connectivity index (χ4v) is 4.71. The monoisotopic (exact) mass is 337 g/mol. The molecule has 0 spiro atoms. The summed E-state index contributed by atoms with van der Waals surface area (Å²) in [5, 5.41) is 11.6. The van der Waals surface area contributed by atoms with E-state index in [4.69, 9.17) is 11.6 Å². The van der Waals surface area contributed by atoms with Gasteiger partial charge in [-0.3, -0.25) is 4.79 Å². The van der Waals surface area contributed by atoms with Crippen LogP contribution in [0.2, 0.25) is 5.02 Å². The molecule has 1 amide bonds. The van der Waals surface area contributed by atoms with Crippen molar-refractivity contribution in [2.24, 2.45) is 5.92 Å². The van der Waals surface area contributed by atoms with Crippen LogP contribution in [0.3, 0.4) is 0 Å². The lowest BCUT2D eigenvalue weighted by molar-refractivity contribution is -0.137. The molecule has 0 aliphatic heterocycles. The standard InChI is InChI=1S/C17H20ClNO2S/c1-19(17(21)11-5-4-6-12(20)9-11)10-15-16(18)13-7-2-3-8-14(13)22-15/h2-3,7-8,11-12,20H,4-6,9-10H2,1H3/t11-,12+/m1/s1. The maximum Gasteiger partial charge on any atom is 0.225 e. The van der Waals surface area contributed by atoms with E-state index in [0.29, 0.717) is 13.0 Å². The zero-order chi connectivity index (χ0) is 15.7. The Kier molecular flexibility index (Phi) is 4.71. The Morgan fingerprint density at radius 2 is 2.18 bits per heavy atom. The summed E-state index contributed by atoms with van der Waals surface area (Å²) < 4.78 is 1.15. The van der Waals surface area contributed by atoms with Gasteiger partial charge in [-0.1, -0.05) is 36.2 Å². The second kappa shape index (κ2) is 6.57. The van der Waals surface area contributed by atoms with Gasteiger partial charge in [-0.2, -0.15) is 0 Å². The number of rotatable bonds is 3. The van der Waals surface area contributed by atoms with Gasteiger partial charge in [0.25, 0.3) is 0 Å². The summed E-state index contributed by atoms with van der Waals surface area (Å²) in [4.78, 5) is 15.3. The van der Waals surface area contributed by atoms with Crippen molar-refractivity contribution in [2.45, 2.75) is 38.3 Å². The third-order valence-electron chi connectivity index (χ3n) is 4.35. The first-order chi connectivity index (χ1) is 10.6. The minimum absolute atomic E-state index is 0.0538. The Bertz CT molecular complexity index is 684. The number of benzene rings is 1. The lowest BCUT2D eigenvalue weighted by atomic mass is 9.86. The van der Waals surface area contributed by atoms with E-state index in [-0.39, 0.29) is 17.9 Å². The molecule has 2 atom stereocenters. The number of aliphatic hydroxyl groups excluding tert-OH is 1.